The van der Waals surface area contributed by atoms with Crippen LogP contribution in [0.15, 0.2) is 24.3 Å². The van der Waals surface area contributed by atoms with E-state index in [0.29, 0.717) is 12.6 Å². The molecule has 0 aromatic heterocycles. The zero-order chi connectivity index (χ0) is 16.1. The number of carbonyl (C=O) groups is 1. The predicted octanol–water partition coefficient (Wildman–Crippen LogP) is 2.84. The minimum atomic E-state index is -0.387. The van der Waals surface area contributed by atoms with Gasteiger partial charge in [-0.05, 0) is 62.8 Å². The molecule has 23 heavy (non-hydrogen) atoms. The largest absolute Gasteiger partial charge is 0.490 e. The first kappa shape index (κ1) is 16.3. The van der Waals surface area contributed by atoms with E-state index in [0.717, 1.165) is 37.1 Å². The average Bonchev–Trinajstić information content (AvgIpc) is 3.07. The molecule has 2 fully saturated rings. The highest BCUT2D eigenvalue weighted by molar-refractivity contribution is 5.94. The molecule has 126 valence electrons. The van der Waals surface area contributed by atoms with Crippen LogP contribution in [0.1, 0.15) is 44.9 Å². The number of anilines is 1. The molecular weight excluding hydrogens is 292 g/mol. The summed E-state index contributed by atoms with van der Waals surface area (Å²) in [4.78, 5) is 12.2. The third-order valence-corrected chi connectivity index (χ3v) is 4.64. The minimum absolute atomic E-state index is 0.0111. The monoisotopic (exact) mass is 318 g/mol. The van der Waals surface area contributed by atoms with Crippen molar-refractivity contribution in [2.24, 2.45) is 5.73 Å². The van der Waals surface area contributed by atoms with Gasteiger partial charge in [0.15, 0.2) is 0 Å². The minimum Gasteiger partial charge on any atom is -0.490 e. The number of carbonyl (C=O) groups excluding carboxylic acids is 1. The van der Waals surface area contributed by atoms with Gasteiger partial charge in [-0.2, -0.15) is 0 Å². The molecule has 5 nitrogen and oxygen atoms in total. The van der Waals surface area contributed by atoms with Crippen molar-refractivity contribution >= 4 is 11.6 Å². The van der Waals surface area contributed by atoms with Crippen LogP contribution in [0.5, 0.6) is 5.75 Å². The summed E-state index contributed by atoms with van der Waals surface area (Å²) in [5.41, 5.74) is 6.34. The molecule has 1 aromatic rings. The van der Waals surface area contributed by atoms with E-state index in [4.69, 9.17) is 15.2 Å². The normalized spacial score (nSPS) is 25.3. The Hall–Kier alpha value is -1.59. The summed E-state index contributed by atoms with van der Waals surface area (Å²) < 4.78 is 11.6. The molecule has 1 saturated heterocycles. The Kier molecular flexibility index (Phi) is 5.51. The Labute approximate surface area is 137 Å². The summed E-state index contributed by atoms with van der Waals surface area (Å²) in [6.45, 7) is 0.469. The SMILES string of the molecule is NC[C@H]1CC[C@@H](C(=O)Nc2ccc(OC3CCCCC3)cc2)O1. The van der Waals surface area contributed by atoms with Crippen molar-refractivity contribution in [3.8, 4) is 5.75 Å². The molecule has 5 heteroatoms. The molecule has 1 saturated carbocycles. The van der Waals surface area contributed by atoms with Gasteiger partial charge in [-0.3, -0.25) is 4.79 Å². The van der Waals surface area contributed by atoms with E-state index in [-0.39, 0.29) is 18.1 Å². The number of ether oxygens (including phenoxy) is 2. The van der Waals surface area contributed by atoms with E-state index >= 15 is 0 Å². The summed E-state index contributed by atoms with van der Waals surface area (Å²) >= 11 is 0. The van der Waals surface area contributed by atoms with E-state index in [9.17, 15) is 4.79 Å². The molecule has 1 aliphatic carbocycles. The highest BCUT2D eigenvalue weighted by atomic mass is 16.5. The maximum atomic E-state index is 12.2. The molecule has 3 N–H and O–H groups in total. The van der Waals surface area contributed by atoms with Gasteiger partial charge in [-0.1, -0.05) is 6.42 Å². The number of amides is 1. The summed E-state index contributed by atoms with van der Waals surface area (Å²) in [6.07, 6.45) is 7.65. The second-order valence-electron chi connectivity index (χ2n) is 6.45. The lowest BCUT2D eigenvalue weighted by Crippen LogP contribution is -2.29. The molecule has 1 aromatic carbocycles. The van der Waals surface area contributed by atoms with E-state index in [1.807, 2.05) is 24.3 Å². The molecule has 0 radical (unpaired) electrons. The van der Waals surface area contributed by atoms with Gasteiger partial charge in [-0.15, -0.1) is 0 Å². The number of nitrogens with one attached hydrogen (secondary N) is 1. The molecule has 1 amide bonds. The lowest BCUT2D eigenvalue weighted by Gasteiger charge is -2.23. The fourth-order valence-corrected chi connectivity index (χ4v) is 3.29. The van der Waals surface area contributed by atoms with Gasteiger partial charge in [0, 0.05) is 12.2 Å². The van der Waals surface area contributed by atoms with Gasteiger partial charge < -0.3 is 20.5 Å². The van der Waals surface area contributed by atoms with Crippen LogP contribution in [0.25, 0.3) is 0 Å². The number of rotatable bonds is 5. The Morgan fingerprint density at radius 3 is 2.52 bits per heavy atom. The molecule has 1 heterocycles. The highest BCUT2D eigenvalue weighted by Crippen LogP contribution is 2.25. The molecule has 2 atom stereocenters. The van der Waals surface area contributed by atoms with Crippen molar-refractivity contribution in [2.75, 3.05) is 11.9 Å². The Bertz CT molecular complexity index is 512. The number of nitrogens with two attached hydrogens (primary N) is 1. The third-order valence-electron chi connectivity index (χ3n) is 4.64. The Morgan fingerprint density at radius 2 is 1.87 bits per heavy atom. The summed E-state index contributed by atoms with van der Waals surface area (Å²) in [7, 11) is 0. The van der Waals surface area contributed by atoms with Crippen molar-refractivity contribution in [2.45, 2.75) is 63.3 Å². The van der Waals surface area contributed by atoms with Gasteiger partial charge >= 0.3 is 0 Å². The standard InChI is InChI=1S/C18H26N2O3/c19-12-16-10-11-17(23-16)18(21)20-13-6-8-15(9-7-13)22-14-4-2-1-3-5-14/h6-9,14,16-17H,1-5,10-12,19H2,(H,20,21)/t16-,17+/m1/s1. The Balaban J connectivity index is 1.50. The molecule has 3 rings (SSSR count). The topological polar surface area (TPSA) is 73.6 Å². The van der Waals surface area contributed by atoms with Gasteiger partial charge in [0.2, 0.25) is 0 Å². The van der Waals surface area contributed by atoms with Gasteiger partial charge in [0.1, 0.15) is 11.9 Å². The van der Waals surface area contributed by atoms with Crippen molar-refractivity contribution in [3.63, 3.8) is 0 Å². The summed E-state index contributed by atoms with van der Waals surface area (Å²) in [5.74, 6) is 0.775. The molecule has 0 spiro atoms. The van der Waals surface area contributed by atoms with E-state index < -0.39 is 0 Å². The van der Waals surface area contributed by atoms with Crippen molar-refractivity contribution in [1.82, 2.24) is 0 Å². The van der Waals surface area contributed by atoms with E-state index in [2.05, 4.69) is 5.32 Å². The number of hydrogen-bond acceptors (Lipinski definition) is 4. The van der Waals surface area contributed by atoms with Crippen LogP contribution < -0.4 is 15.8 Å². The van der Waals surface area contributed by atoms with Crippen molar-refractivity contribution in [1.29, 1.82) is 0 Å². The van der Waals surface area contributed by atoms with Crippen LogP contribution in [0.4, 0.5) is 5.69 Å². The quantitative estimate of drug-likeness (QED) is 0.875. The van der Waals surface area contributed by atoms with Gasteiger partial charge in [-0.25, -0.2) is 0 Å². The number of hydrogen-bond donors (Lipinski definition) is 2. The van der Waals surface area contributed by atoms with Crippen molar-refractivity contribution in [3.05, 3.63) is 24.3 Å². The Morgan fingerprint density at radius 1 is 1.13 bits per heavy atom. The zero-order valence-electron chi connectivity index (χ0n) is 13.5. The average molecular weight is 318 g/mol. The van der Waals surface area contributed by atoms with Gasteiger partial charge in [0.05, 0.1) is 12.2 Å². The van der Waals surface area contributed by atoms with Crippen LogP contribution in [0, 0.1) is 0 Å². The van der Waals surface area contributed by atoms with Crippen LogP contribution >= 0.6 is 0 Å². The first-order valence-electron chi connectivity index (χ1n) is 8.67. The maximum Gasteiger partial charge on any atom is 0.253 e. The van der Waals surface area contributed by atoms with Crippen molar-refractivity contribution < 1.29 is 14.3 Å². The zero-order valence-corrected chi connectivity index (χ0v) is 13.5. The second-order valence-corrected chi connectivity index (χ2v) is 6.45. The lowest BCUT2D eigenvalue weighted by atomic mass is 9.98. The van der Waals surface area contributed by atoms with Crippen LogP contribution in [0.2, 0.25) is 0 Å². The van der Waals surface area contributed by atoms with Crippen LogP contribution in [-0.2, 0) is 9.53 Å². The second kappa shape index (κ2) is 7.79. The summed E-state index contributed by atoms with van der Waals surface area (Å²) in [6, 6.07) is 7.60. The van der Waals surface area contributed by atoms with Crippen LogP contribution in [-0.4, -0.2) is 30.8 Å². The summed E-state index contributed by atoms with van der Waals surface area (Å²) in [5, 5.41) is 2.90. The number of benzene rings is 1. The molecular formula is C18H26N2O3. The maximum absolute atomic E-state index is 12.2. The highest BCUT2D eigenvalue weighted by Gasteiger charge is 2.29. The van der Waals surface area contributed by atoms with Crippen LogP contribution in [0.3, 0.4) is 0 Å². The lowest BCUT2D eigenvalue weighted by molar-refractivity contribution is -0.126. The molecule has 0 unspecified atom stereocenters. The predicted molar refractivity (Wildman–Crippen MR) is 89.5 cm³/mol. The molecule has 0 bridgehead atoms. The fourth-order valence-electron chi connectivity index (χ4n) is 3.29. The van der Waals surface area contributed by atoms with E-state index in [1.165, 1.54) is 19.3 Å². The first-order valence-corrected chi connectivity index (χ1v) is 8.67. The molecule has 2 aliphatic rings. The smallest absolute Gasteiger partial charge is 0.253 e. The molecule has 1 aliphatic heterocycles. The third kappa shape index (κ3) is 4.45. The van der Waals surface area contributed by atoms with Gasteiger partial charge in [0.25, 0.3) is 5.91 Å². The fraction of sp³-hybridized carbons (Fsp3) is 0.611. The van der Waals surface area contributed by atoms with E-state index in [1.54, 1.807) is 0 Å². The first-order chi connectivity index (χ1) is 11.2.